The number of fused-ring (bicyclic) bond motifs is 1. The van der Waals surface area contributed by atoms with Gasteiger partial charge in [-0.2, -0.15) is 0 Å². The number of carbonyl (C=O) groups excluding carboxylic acids is 1. The highest BCUT2D eigenvalue weighted by Gasteiger charge is 2.18. The second kappa shape index (κ2) is 7.14. The highest BCUT2D eigenvalue weighted by atomic mass is 32.2. The van der Waals surface area contributed by atoms with Crippen molar-refractivity contribution in [2.24, 2.45) is 0 Å². The Morgan fingerprint density at radius 3 is 2.46 bits per heavy atom. The van der Waals surface area contributed by atoms with Crippen LogP contribution in [0.2, 0.25) is 0 Å². The average Bonchev–Trinajstić information content (AvgIpc) is 3.13. The summed E-state index contributed by atoms with van der Waals surface area (Å²) in [6.07, 6.45) is 0. The smallest absolute Gasteiger partial charge is 0.194 e. The number of nitrogens with zero attached hydrogens (tertiary/aromatic N) is 3. The van der Waals surface area contributed by atoms with Crippen molar-refractivity contribution in [3.63, 3.8) is 0 Å². The predicted molar refractivity (Wildman–Crippen MR) is 104 cm³/mol. The number of thioether (sulfide) groups is 1. The third-order valence-electron chi connectivity index (χ3n) is 4.19. The second-order valence-electron chi connectivity index (χ2n) is 5.93. The van der Waals surface area contributed by atoms with E-state index in [1.807, 2.05) is 83.5 Å². The molecule has 0 fully saturated rings. The Hall–Kier alpha value is -2.92. The molecule has 0 bridgehead atoms. The molecule has 0 aliphatic carbocycles. The zero-order chi connectivity index (χ0) is 17.9. The Labute approximate surface area is 155 Å². The Bertz CT molecular complexity index is 1060. The summed E-state index contributed by atoms with van der Waals surface area (Å²) in [4.78, 5) is 13.8. The van der Waals surface area contributed by atoms with Crippen LogP contribution in [-0.2, 0) is 0 Å². The Morgan fingerprint density at radius 1 is 0.923 bits per heavy atom. The molecule has 0 aliphatic heterocycles. The maximum absolute atomic E-state index is 12.9. The van der Waals surface area contributed by atoms with E-state index < -0.39 is 0 Å². The first-order chi connectivity index (χ1) is 12.7. The number of ketones is 1. The lowest BCUT2D eigenvalue weighted by Gasteiger charge is -2.15. The van der Waals surface area contributed by atoms with E-state index >= 15 is 0 Å². The maximum Gasteiger partial charge on any atom is 0.194 e. The minimum absolute atomic E-state index is 0.00660. The fraction of sp³-hybridized carbons (Fsp3) is 0.0952. The van der Waals surface area contributed by atoms with Crippen molar-refractivity contribution in [3.8, 4) is 0 Å². The van der Waals surface area contributed by atoms with Gasteiger partial charge in [-0.05, 0) is 31.2 Å². The van der Waals surface area contributed by atoms with Gasteiger partial charge in [0, 0.05) is 16.0 Å². The molecular weight excluding hydrogens is 342 g/mol. The van der Waals surface area contributed by atoms with Crippen molar-refractivity contribution in [3.05, 3.63) is 90.0 Å². The summed E-state index contributed by atoms with van der Waals surface area (Å²) < 4.78 is 1.89. The van der Waals surface area contributed by atoms with Crippen LogP contribution in [0.25, 0.3) is 11.0 Å². The molecule has 0 aliphatic rings. The lowest BCUT2D eigenvalue weighted by atomic mass is 10.0. The average molecular weight is 359 g/mol. The van der Waals surface area contributed by atoms with Gasteiger partial charge in [0.15, 0.2) is 5.78 Å². The monoisotopic (exact) mass is 359 g/mol. The van der Waals surface area contributed by atoms with Crippen LogP contribution in [0.15, 0.2) is 83.8 Å². The number of benzene rings is 3. The number of para-hydroxylation sites is 1. The SMILES string of the molecule is CC(Sc1ccccc1C(=O)c1ccccc1)n1nnc2ccccc21. The number of carbonyl (C=O) groups is 1. The predicted octanol–water partition coefficient (Wildman–Crippen LogP) is 4.97. The van der Waals surface area contributed by atoms with Gasteiger partial charge in [-0.3, -0.25) is 4.79 Å². The molecule has 4 nitrogen and oxygen atoms in total. The molecule has 0 N–H and O–H groups in total. The van der Waals surface area contributed by atoms with E-state index in [0.29, 0.717) is 11.1 Å². The summed E-state index contributed by atoms with van der Waals surface area (Å²) in [5.41, 5.74) is 3.26. The Morgan fingerprint density at radius 2 is 1.62 bits per heavy atom. The molecule has 26 heavy (non-hydrogen) atoms. The summed E-state index contributed by atoms with van der Waals surface area (Å²) in [6, 6.07) is 25.0. The van der Waals surface area contributed by atoms with Gasteiger partial charge in [-0.1, -0.05) is 71.6 Å². The van der Waals surface area contributed by atoms with Crippen LogP contribution < -0.4 is 0 Å². The molecule has 128 valence electrons. The van der Waals surface area contributed by atoms with Crippen molar-refractivity contribution in [1.82, 2.24) is 15.0 Å². The molecule has 4 aromatic rings. The van der Waals surface area contributed by atoms with Gasteiger partial charge in [0.25, 0.3) is 0 Å². The number of aromatic nitrogens is 3. The van der Waals surface area contributed by atoms with E-state index in [0.717, 1.165) is 15.9 Å². The molecule has 0 radical (unpaired) electrons. The van der Waals surface area contributed by atoms with E-state index in [4.69, 9.17) is 0 Å². The molecule has 5 heteroatoms. The number of hydrogen-bond donors (Lipinski definition) is 0. The first-order valence-corrected chi connectivity index (χ1v) is 9.27. The van der Waals surface area contributed by atoms with Gasteiger partial charge >= 0.3 is 0 Å². The third kappa shape index (κ3) is 3.13. The van der Waals surface area contributed by atoms with Crippen LogP contribution in [0, 0.1) is 0 Å². The minimum Gasteiger partial charge on any atom is -0.289 e. The fourth-order valence-electron chi connectivity index (χ4n) is 2.89. The lowest BCUT2D eigenvalue weighted by molar-refractivity contribution is 0.103. The standard InChI is InChI=1S/C21H17N3OS/c1-15(24-19-13-7-6-12-18(19)22-23-24)26-20-14-8-5-11-17(20)21(25)16-9-3-2-4-10-16/h2-15H,1H3. The first-order valence-electron chi connectivity index (χ1n) is 8.39. The Balaban J connectivity index is 1.66. The summed E-state index contributed by atoms with van der Waals surface area (Å²) >= 11 is 1.61. The lowest BCUT2D eigenvalue weighted by Crippen LogP contribution is -2.06. The van der Waals surface area contributed by atoms with Crippen LogP contribution >= 0.6 is 11.8 Å². The zero-order valence-electron chi connectivity index (χ0n) is 14.2. The molecule has 1 atom stereocenters. The molecule has 1 heterocycles. The molecule has 0 saturated carbocycles. The Kier molecular flexibility index (Phi) is 4.54. The van der Waals surface area contributed by atoms with Gasteiger partial charge in [-0.15, -0.1) is 5.10 Å². The number of hydrogen-bond acceptors (Lipinski definition) is 4. The van der Waals surface area contributed by atoms with Crippen LogP contribution in [0.4, 0.5) is 0 Å². The summed E-state index contributed by atoms with van der Waals surface area (Å²) in [6.45, 7) is 2.07. The molecule has 4 rings (SSSR count). The van der Waals surface area contributed by atoms with E-state index in [1.165, 1.54) is 0 Å². The molecule has 1 unspecified atom stereocenters. The van der Waals surface area contributed by atoms with Crippen molar-refractivity contribution in [2.45, 2.75) is 17.2 Å². The quantitative estimate of drug-likeness (QED) is 0.373. The van der Waals surface area contributed by atoms with Crippen molar-refractivity contribution in [2.75, 3.05) is 0 Å². The van der Waals surface area contributed by atoms with Gasteiger partial charge < -0.3 is 0 Å². The maximum atomic E-state index is 12.9. The van der Waals surface area contributed by atoms with Gasteiger partial charge in [0.05, 0.1) is 5.52 Å². The molecular formula is C21H17N3OS. The van der Waals surface area contributed by atoms with Gasteiger partial charge in [0.1, 0.15) is 10.9 Å². The topological polar surface area (TPSA) is 47.8 Å². The second-order valence-corrected chi connectivity index (χ2v) is 7.29. The molecule has 1 aromatic heterocycles. The highest BCUT2D eigenvalue weighted by Crippen LogP contribution is 2.34. The summed E-state index contributed by atoms with van der Waals surface area (Å²) in [5, 5.41) is 8.51. The fourth-order valence-corrected chi connectivity index (χ4v) is 3.96. The van der Waals surface area contributed by atoms with E-state index in [1.54, 1.807) is 11.8 Å². The summed E-state index contributed by atoms with van der Waals surface area (Å²) in [5.74, 6) is 0.0318. The van der Waals surface area contributed by atoms with Crippen LogP contribution in [0.1, 0.15) is 28.2 Å². The van der Waals surface area contributed by atoms with Crippen LogP contribution in [0.3, 0.4) is 0 Å². The van der Waals surface area contributed by atoms with Crippen LogP contribution in [0.5, 0.6) is 0 Å². The van der Waals surface area contributed by atoms with E-state index in [9.17, 15) is 4.79 Å². The first kappa shape index (κ1) is 16.5. The van der Waals surface area contributed by atoms with E-state index in [-0.39, 0.29) is 11.2 Å². The molecule has 0 saturated heterocycles. The van der Waals surface area contributed by atoms with E-state index in [2.05, 4.69) is 17.2 Å². The molecule has 3 aromatic carbocycles. The molecule has 0 spiro atoms. The highest BCUT2D eigenvalue weighted by molar-refractivity contribution is 7.99. The minimum atomic E-state index is 0.00660. The largest absolute Gasteiger partial charge is 0.289 e. The van der Waals surface area contributed by atoms with Crippen LogP contribution in [-0.4, -0.2) is 20.8 Å². The number of rotatable bonds is 5. The van der Waals surface area contributed by atoms with Gasteiger partial charge in [0.2, 0.25) is 0 Å². The van der Waals surface area contributed by atoms with Crippen molar-refractivity contribution < 1.29 is 4.79 Å². The van der Waals surface area contributed by atoms with Crippen molar-refractivity contribution in [1.29, 1.82) is 0 Å². The molecule has 0 amide bonds. The van der Waals surface area contributed by atoms with Gasteiger partial charge in [-0.25, -0.2) is 4.68 Å². The zero-order valence-corrected chi connectivity index (χ0v) is 15.1. The summed E-state index contributed by atoms with van der Waals surface area (Å²) in [7, 11) is 0. The normalized spacial score (nSPS) is 12.2. The third-order valence-corrected chi connectivity index (χ3v) is 5.34. The van der Waals surface area contributed by atoms with Crippen molar-refractivity contribution >= 4 is 28.6 Å².